The molecule has 5 nitrogen and oxygen atoms in total. The Bertz CT molecular complexity index is 698. The number of rotatable bonds is 7. The minimum Gasteiger partial charge on any atom is -0.497 e. The van der Waals surface area contributed by atoms with Gasteiger partial charge in [0.15, 0.2) is 5.85 Å². The first kappa shape index (κ1) is 18.5. The molecule has 2 atom stereocenters. The summed E-state index contributed by atoms with van der Waals surface area (Å²) in [6, 6.07) is 14.1. The van der Waals surface area contributed by atoms with Gasteiger partial charge in [-0.2, -0.15) is 0 Å². The van der Waals surface area contributed by atoms with Crippen LogP contribution in [-0.2, 0) is 9.09 Å². The Labute approximate surface area is 143 Å². The second-order valence-corrected chi connectivity index (χ2v) is 8.03. The minimum atomic E-state index is -3.46. The SMILES string of the molecule is CCO[P@](=O)(c1ccc(N(C)C)cc1)[C@@H](O)c1ccc(OC)cc1. The highest BCUT2D eigenvalue weighted by Crippen LogP contribution is 2.57. The van der Waals surface area contributed by atoms with Crippen LogP contribution < -0.4 is 14.9 Å². The van der Waals surface area contributed by atoms with Gasteiger partial charge in [-0.15, -0.1) is 0 Å². The van der Waals surface area contributed by atoms with Gasteiger partial charge in [-0.1, -0.05) is 12.1 Å². The van der Waals surface area contributed by atoms with Crippen LogP contribution in [0.3, 0.4) is 0 Å². The van der Waals surface area contributed by atoms with Gasteiger partial charge in [-0.05, 0) is 48.9 Å². The van der Waals surface area contributed by atoms with Gasteiger partial charge in [0.2, 0.25) is 0 Å². The number of nitrogens with zero attached hydrogens (tertiary/aromatic N) is 1. The molecule has 6 heteroatoms. The number of aliphatic hydroxyl groups is 1. The summed E-state index contributed by atoms with van der Waals surface area (Å²) in [7, 11) is 1.98. The molecule has 0 saturated heterocycles. The molecule has 0 aliphatic rings. The van der Waals surface area contributed by atoms with E-state index in [9.17, 15) is 9.67 Å². The quantitative estimate of drug-likeness (QED) is 0.777. The molecular weight excluding hydrogens is 325 g/mol. The zero-order chi connectivity index (χ0) is 17.7. The summed E-state index contributed by atoms with van der Waals surface area (Å²) >= 11 is 0. The molecule has 24 heavy (non-hydrogen) atoms. The standard InChI is InChI=1S/C18H24NO4P/c1-5-23-24(21,17-12-8-15(9-13-17)19(2)3)18(20)14-6-10-16(22-4)11-7-14/h6-13,18,20H,5H2,1-4H3/t18-,24-/m1/s1. The van der Waals surface area contributed by atoms with Crippen molar-refractivity contribution >= 4 is 18.4 Å². The summed E-state index contributed by atoms with van der Waals surface area (Å²) in [6.07, 6.45) is 0. The number of ether oxygens (including phenoxy) is 1. The molecule has 2 rings (SSSR count). The van der Waals surface area contributed by atoms with Crippen molar-refractivity contribution in [3.63, 3.8) is 0 Å². The molecule has 0 fully saturated rings. The van der Waals surface area contributed by atoms with Gasteiger partial charge in [0, 0.05) is 25.1 Å². The Morgan fingerprint density at radius 3 is 2.12 bits per heavy atom. The summed E-state index contributed by atoms with van der Waals surface area (Å²) in [5.41, 5.74) is 1.52. The fourth-order valence-electron chi connectivity index (χ4n) is 2.41. The van der Waals surface area contributed by atoms with Crippen LogP contribution in [-0.4, -0.2) is 32.9 Å². The molecule has 0 amide bonds. The van der Waals surface area contributed by atoms with Gasteiger partial charge in [0.05, 0.1) is 13.7 Å². The lowest BCUT2D eigenvalue weighted by molar-refractivity contribution is 0.218. The van der Waals surface area contributed by atoms with Crippen molar-refractivity contribution in [1.82, 2.24) is 0 Å². The van der Waals surface area contributed by atoms with Crippen molar-refractivity contribution in [2.75, 3.05) is 32.7 Å². The van der Waals surface area contributed by atoms with Gasteiger partial charge >= 0.3 is 0 Å². The van der Waals surface area contributed by atoms with E-state index in [-0.39, 0.29) is 6.61 Å². The Morgan fingerprint density at radius 1 is 1.08 bits per heavy atom. The van der Waals surface area contributed by atoms with Crippen LogP contribution in [0, 0.1) is 0 Å². The lowest BCUT2D eigenvalue weighted by Gasteiger charge is -2.24. The van der Waals surface area contributed by atoms with E-state index in [0.29, 0.717) is 16.6 Å². The molecule has 0 aromatic heterocycles. The third-order valence-corrected chi connectivity index (χ3v) is 6.38. The van der Waals surface area contributed by atoms with E-state index in [1.807, 2.05) is 31.1 Å². The molecule has 1 N–H and O–H groups in total. The minimum absolute atomic E-state index is 0.250. The zero-order valence-corrected chi connectivity index (χ0v) is 15.4. The summed E-state index contributed by atoms with van der Waals surface area (Å²) in [6.45, 7) is 2.02. The highest BCUT2D eigenvalue weighted by atomic mass is 31.2. The molecule has 0 radical (unpaired) electrons. The van der Waals surface area contributed by atoms with Crippen LogP contribution in [0.25, 0.3) is 0 Å². The molecule has 2 aromatic carbocycles. The van der Waals surface area contributed by atoms with Crippen LogP contribution in [0.2, 0.25) is 0 Å². The van der Waals surface area contributed by atoms with Crippen LogP contribution in [0.4, 0.5) is 5.69 Å². The number of benzene rings is 2. The van der Waals surface area contributed by atoms with Crippen molar-refractivity contribution < 1.29 is 18.9 Å². The maximum absolute atomic E-state index is 13.4. The molecule has 0 heterocycles. The maximum Gasteiger partial charge on any atom is 0.264 e. The second kappa shape index (κ2) is 7.84. The Kier molecular flexibility index (Phi) is 6.05. The first-order valence-corrected chi connectivity index (χ1v) is 9.46. The summed E-state index contributed by atoms with van der Waals surface area (Å²) in [5.74, 6) is -0.555. The topological polar surface area (TPSA) is 59.0 Å². The van der Waals surface area contributed by atoms with Crippen molar-refractivity contribution in [2.24, 2.45) is 0 Å². The normalized spacial score (nSPS) is 14.7. The van der Waals surface area contributed by atoms with Crippen molar-refractivity contribution in [3.05, 3.63) is 54.1 Å². The highest BCUT2D eigenvalue weighted by Gasteiger charge is 2.36. The monoisotopic (exact) mass is 349 g/mol. The maximum atomic E-state index is 13.4. The van der Waals surface area contributed by atoms with Crippen molar-refractivity contribution in [3.8, 4) is 5.75 Å². The van der Waals surface area contributed by atoms with Gasteiger partial charge in [-0.3, -0.25) is 4.57 Å². The van der Waals surface area contributed by atoms with Crippen LogP contribution >= 0.6 is 7.37 Å². The van der Waals surface area contributed by atoms with E-state index < -0.39 is 13.2 Å². The van der Waals surface area contributed by atoms with E-state index in [1.54, 1.807) is 50.4 Å². The zero-order valence-electron chi connectivity index (χ0n) is 14.5. The lowest BCUT2D eigenvalue weighted by Crippen LogP contribution is -2.16. The smallest absolute Gasteiger partial charge is 0.264 e. The van der Waals surface area contributed by atoms with E-state index in [0.717, 1.165) is 5.69 Å². The number of aliphatic hydroxyl groups excluding tert-OH is 1. The first-order valence-electron chi connectivity index (χ1n) is 7.76. The molecular formula is C18H24NO4P. The third-order valence-electron chi connectivity index (χ3n) is 3.78. The van der Waals surface area contributed by atoms with Crippen LogP contribution in [0.1, 0.15) is 18.3 Å². The Hall–Kier alpha value is -1.81. The van der Waals surface area contributed by atoms with Crippen LogP contribution in [0.5, 0.6) is 5.75 Å². The number of methoxy groups -OCH3 is 1. The fraction of sp³-hybridized carbons (Fsp3) is 0.333. The van der Waals surface area contributed by atoms with Gasteiger partial charge in [-0.25, -0.2) is 0 Å². The summed E-state index contributed by atoms with van der Waals surface area (Å²) in [5, 5.41) is 11.2. The van der Waals surface area contributed by atoms with Crippen molar-refractivity contribution in [2.45, 2.75) is 12.8 Å². The van der Waals surface area contributed by atoms with E-state index in [4.69, 9.17) is 9.26 Å². The number of anilines is 1. The van der Waals surface area contributed by atoms with Gasteiger partial charge in [0.1, 0.15) is 5.75 Å². The molecule has 0 saturated carbocycles. The number of hydrogen-bond acceptors (Lipinski definition) is 5. The van der Waals surface area contributed by atoms with Crippen LogP contribution in [0.15, 0.2) is 48.5 Å². The summed E-state index contributed by atoms with van der Waals surface area (Å²) in [4.78, 5) is 1.95. The van der Waals surface area contributed by atoms with E-state index in [1.165, 1.54) is 0 Å². The van der Waals surface area contributed by atoms with E-state index in [2.05, 4.69) is 0 Å². The number of hydrogen-bond donors (Lipinski definition) is 1. The largest absolute Gasteiger partial charge is 0.497 e. The van der Waals surface area contributed by atoms with Gasteiger partial charge in [0.25, 0.3) is 7.37 Å². The Morgan fingerprint density at radius 2 is 1.67 bits per heavy atom. The average Bonchev–Trinajstić information content (AvgIpc) is 2.61. The molecule has 0 aliphatic heterocycles. The van der Waals surface area contributed by atoms with Gasteiger partial charge < -0.3 is 19.3 Å². The van der Waals surface area contributed by atoms with E-state index >= 15 is 0 Å². The molecule has 2 aromatic rings. The fourth-order valence-corrected chi connectivity index (χ4v) is 4.49. The summed E-state index contributed by atoms with van der Waals surface area (Å²) < 4.78 is 24.1. The molecule has 0 spiro atoms. The molecule has 0 bridgehead atoms. The molecule has 130 valence electrons. The second-order valence-electron chi connectivity index (χ2n) is 5.57. The molecule has 0 unspecified atom stereocenters. The Balaban J connectivity index is 2.39. The van der Waals surface area contributed by atoms with Crippen molar-refractivity contribution in [1.29, 1.82) is 0 Å². The molecule has 0 aliphatic carbocycles. The lowest BCUT2D eigenvalue weighted by atomic mass is 10.2. The average molecular weight is 349 g/mol. The highest BCUT2D eigenvalue weighted by molar-refractivity contribution is 7.67. The first-order chi connectivity index (χ1) is 11.4. The third kappa shape index (κ3) is 3.81. The predicted molar refractivity (Wildman–Crippen MR) is 97.6 cm³/mol. The predicted octanol–water partition coefficient (Wildman–Crippen LogP) is 3.39.